The molecule has 9 heteroatoms. The summed E-state index contributed by atoms with van der Waals surface area (Å²) in [5.41, 5.74) is 1.86. The Kier molecular flexibility index (Phi) is 10.8. The summed E-state index contributed by atoms with van der Waals surface area (Å²) >= 11 is 0. The van der Waals surface area contributed by atoms with Gasteiger partial charge >= 0.3 is 12.1 Å². The topological polar surface area (TPSA) is 66.8 Å². The van der Waals surface area contributed by atoms with Crippen molar-refractivity contribution in [2.24, 2.45) is 0 Å². The summed E-state index contributed by atoms with van der Waals surface area (Å²) in [6, 6.07) is 12.5. The van der Waals surface area contributed by atoms with E-state index in [-0.39, 0.29) is 29.3 Å². The minimum absolute atomic E-state index is 0.0398. The first-order valence-electron chi connectivity index (χ1n) is 14.0. The van der Waals surface area contributed by atoms with E-state index in [1.54, 1.807) is 24.3 Å². The molecule has 4 nitrogen and oxygen atoms in total. The first kappa shape index (κ1) is 31.7. The number of hydrogen-bond donors (Lipinski definition) is 2. The van der Waals surface area contributed by atoms with Crippen LogP contribution in [0.15, 0.2) is 42.5 Å². The van der Waals surface area contributed by atoms with Gasteiger partial charge in [0.25, 0.3) is 0 Å². The van der Waals surface area contributed by atoms with Crippen molar-refractivity contribution < 1.29 is 41.7 Å². The average Bonchev–Trinajstić information content (AvgIpc) is 2.89. The van der Waals surface area contributed by atoms with Crippen LogP contribution in [-0.2, 0) is 10.2 Å². The van der Waals surface area contributed by atoms with Crippen molar-refractivity contribution >= 4 is 5.78 Å². The van der Waals surface area contributed by atoms with E-state index in [9.17, 15) is 37.0 Å². The number of carbonyl (C=O) groups is 1. The summed E-state index contributed by atoms with van der Waals surface area (Å²) in [5, 5.41) is 19.7. The molecule has 2 N–H and O–H groups in total. The largest absolute Gasteiger partial charge is 0.508 e. The highest BCUT2D eigenvalue weighted by Gasteiger charge is 2.56. The second-order valence-electron chi connectivity index (χ2n) is 11.1. The minimum Gasteiger partial charge on any atom is -0.508 e. The van der Waals surface area contributed by atoms with Crippen LogP contribution in [0.4, 0.5) is 22.0 Å². The Morgan fingerprint density at radius 3 is 2.05 bits per heavy atom. The zero-order valence-electron chi connectivity index (χ0n) is 22.9. The molecule has 1 heterocycles. The Morgan fingerprint density at radius 2 is 1.43 bits per heavy atom. The van der Waals surface area contributed by atoms with Gasteiger partial charge in [0.1, 0.15) is 23.0 Å². The van der Waals surface area contributed by atoms with E-state index < -0.39 is 30.7 Å². The number of phenolic OH excluding ortho intramolecular Hbond substituents is 2. The summed E-state index contributed by atoms with van der Waals surface area (Å²) in [7, 11) is 0. The Labute approximate surface area is 232 Å². The highest BCUT2D eigenvalue weighted by atomic mass is 19.4. The maximum atomic E-state index is 12.9. The third kappa shape index (κ3) is 8.33. The van der Waals surface area contributed by atoms with Crippen LogP contribution < -0.4 is 4.74 Å². The summed E-state index contributed by atoms with van der Waals surface area (Å²) in [6.07, 6.45) is 0.383. The molecule has 3 rings (SSSR count). The molecule has 0 bridgehead atoms. The number of Topliss-reactive ketones (excluding diaryl/α,β-unsaturated/α-hetero) is 1. The molecular formula is C31H39F5O4. The van der Waals surface area contributed by atoms with Gasteiger partial charge in [0.15, 0.2) is 0 Å². The molecule has 2 aromatic rings. The molecule has 0 spiro atoms. The molecule has 2 atom stereocenters. The lowest BCUT2D eigenvalue weighted by Gasteiger charge is -2.43. The fraction of sp³-hybridized carbons (Fsp3) is 0.581. The van der Waals surface area contributed by atoms with Gasteiger partial charge in [-0.3, -0.25) is 4.79 Å². The third-order valence-corrected chi connectivity index (χ3v) is 8.03. The zero-order chi connectivity index (χ0) is 29.4. The van der Waals surface area contributed by atoms with Crippen LogP contribution in [0.25, 0.3) is 0 Å². The lowest BCUT2D eigenvalue weighted by molar-refractivity contribution is -0.284. The lowest BCUT2D eigenvalue weighted by atomic mass is 9.66. The maximum Gasteiger partial charge on any atom is 0.453 e. The summed E-state index contributed by atoms with van der Waals surface area (Å²) in [5.74, 6) is -4.11. The Balaban J connectivity index is 1.37. The molecule has 0 radical (unpaired) electrons. The molecule has 0 saturated heterocycles. The molecule has 1 aliphatic rings. The predicted molar refractivity (Wildman–Crippen MR) is 143 cm³/mol. The van der Waals surface area contributed by atoms with Crippen LogP contribution >= 0.6 is 0 Å². The van der Waals surface area contributed by atoms with Crippen molar-refractivity contribution in [2.45, 2.75) is 107 Å². The van der Waals surface area contributed by atoms with Gasteiger partial charge in [-0.15, -0.1) is 0 Å². The van der Waals surface area contributed by atoms with Gasteiger partial charge in [-0.25, -0.2) is 0 Å². The van der Waals surface area contributed by atoms with Crippen molar-refractivity contribution in [2.75, 3.05) is 6.61 Å². The zero-order valence-corrected chi connectivity index (χ0v) is 22.9. The quantitative estimate of drug-likeness (QED) is 0.166. The van der Waals surface area contributed by atoms with Crippen LogP contribution in [0.1, 0.15) is 101 Å². The highest BCUT2D eigenvalue weighted by molar-refractivity contribution is 5.78. The van der Waals surface area contributed by atoms with E-state index in [1.807, 2.05) is 18.2 Å². The predicted octanol–water partition coefficient (Wildman–Crippen LogP) is 8.98. The Morgan fingerprint density at radius 1 is 0.850 bits per heavy atom. The van der Waals surface area contributed by atoms with Crippen molar-refractivity contribution in [1.82, 2.24) is 0 Å². The van der Waals surface area contributed by atoms with E-state index in [4.69, 9.17) is 4.74 Å². The number of rotatable bonds is 15. The van der Waals surface area contributed by atoms with Gasteiger partial charge in [-0.2, -0.15) is 22.0 Å². The average molecular weight is 571 g/mol. The number of hydrogen-bond acceptors (Lipinski definition) is 4. The molecular weight excluding hydrogens is 531 g/mol. The molecule has 1 aliphatic heterocycles. The van der Waals surface area contributed by atoms with E-state index in [0.717, 1.165) is 62.5 Å². The number of alkyl halides is 5. The van der Waals surface area contributed by atoms with Crippen molar-refractivity contribution in [3.8, 4) is 17.2 Å². The molecule has 222 valence electrons. The number of benzene rings is 2. The molecule has 2 aromatic carbocycles. The number of halogens is 5. The molecule has 0 saturated carbocycles. The summed E-state index contributed by atoms with van der Waals surface area (Å²) < 4.78 is 68.5. The Hall–Kier alpha value is -2.84. The summed E-state index contributed by atoms with van der Waals surface area (Å²) in [6.45, 7) is 2.64. The molecule has 40 heavy (non-hydrogen) atoms. The number of phenols is 2. The summed E-state index contributed by atoms with van der Waals surface area (Å²) in [4.78, 5) is 11.7. The standard InChI is InChI=1S/C31H39F5O4/c1-29(22-12-14-24(38)15-13-22)21-40-28-20-25(39)16-17-26(28)27(29)11-9-7-5-3-2-4-6-8-10-23(37)18-19-30(32,33)31(34,35)36/h12-17,20,27,38-39H,2-11,18-19,21H2,1H3/t27-,29-/m1/s1. The van der Waals surface area contributed by atoms with E-state index in [1.165, 1.54) is 0 Å². The number of ketones is 1. The van der Waals surface area contributed by atoms with Gasteiger partial charge in [0.05, 0.1) is 6.61 Å². The van der Waals surface area contributed by atoms with Crippen LogP contribution in [0.5, 0.6) is 17.2 Å². The van der Waals surface area contributed by atoms with Crippen LogP contribution in [0, 0.1) is 0 Å². The smallest absolute Gasteiger partial charge is 0.453 e. The fourth-order valence-corrected chi connectivity index (χ4v) is 5.50. The molecule has 0 fully saturated rings. The second-order valence-corrected chi connectivity index (χ2v) is 11.1. The fourth-order valence-electron chi connectivity index (χ4n) is 5.50. The first-order chi connectivity index (χ1) is 18.8. The second kappa shape index (κ2) is 13.7. The molecule has 0 aliphatic carbocycles. The first-order valence-corrected chi connectivity index (χ1v) is 14.0. The van der Waals surface area contributed by atoms with Gasteiger partial charge in [0.2, 0.25) is 0 Å². The maximum absolute atomic E-state index is 12.9. The molecule has 0 amide bonds. The van der Waals surface area contributed by atoms with Crippen LogP contribution in [-0.4, -0.2) is 34.7 Å². The monoisotopic (exact) mass is 570 g/mol. The van der Waals surface area contributed by atoms with E-state index in [2.05, 4.69) is 6.92 Å². The highest BCUT2D eigenvalue weighted by Crippen LogP contribution is 2.49. The number of aromatic hydroxyl groups is 2. The number of carbonyl (C=O) groups excluding carboxylic acids is 1. The van der Waals surface area contributed by atoms with Gasteiger partial charge in [-0.05, 0) is 42.2 Å². The third-order valence-electron chi connectivity index (χ3n) is 8.03. The van der Waals surface area contributed by atoms with E-state index in [0.29, 0.717) is 18.8 Å². The normalized spacial score (nSPS) is 19.2. The molecule has 0 unspecified atom stereocenters. The van der Waals surface area contributed by atoms with Gasteiger partial charge in [0, 0.05) is 36.7 Å². The van der Waals surface area contributed by atoms with Gasteiger partial charge in [-0.1, -0.05) is 70.1 Å². The van der Waals surface area contributed by atoms with Crippen molar-refractivity contribution in [3.05, 3.63) is 53.6 Å². The van der Waals surface area contributed by atoms with E-state index >= 15 is 0 Å². The SMILES string of the molecule is C[C@]1(c2ccc(O)cc2)COc2cc(O)ccc2[C@H]1CCCCCCCCCCC(=O)CCC(F)(F)C(F)(F)F. The van der Waals surface area contributed by atoms with Gasteiger partial charge < -0.3 is 14.9 Å². The van der Waals surface area contributed by atoms with Crippen molar-refractivity contribution in [3.63, 3.8) is 0 Å². The lowest BCUT2D eigenvalue weighted by Crippen LogP contribution is -2.40. The van der Waals surface area contributed by atoms with Crippen LogP contribution in [0.3, 0.4) is 0 Å². The number of unbranched alkanes of at least 4 members (excludes halogenated alkanes) is 7. The molecule has 0 aromatic heterocycles. The minimum atomic E-state index is -5.61. The van der Waals surface area contributed by atoms with Crippen LogP contribution in [0.2, 0.25) is 0 Å². The van der Waals surface area contributed by atoms with Crippen molar-refractivity contribution in [1.29, 1.82) is 0 Å². The Bertz CT molecular complexity index is 1100. The number of fused-ring (bicyclic) bond motifs is 1. The number of ether oxygens (including phenoxy) is 1.